The Balaban J connectivity index is 1.27. The molecule has 8 nitrogen and oxygen atoms in total. The van der Waals surface area contributed by atoms with E-state index < -0.39 is 36.1 Å². The molecule has 0 spiro atoms. The molecule has 49 heavy (non-hydrogen) atoms. The number of hydrogen-bond acceptors (Lipinski definition) is 8. The van der Waals surface area contributed by atoms with Gasteiger partial charge in [-0.25, -0.2) is 9.59 Å². The summed E-state index contributed by atoms with van der Waals surface area (Å²) in [4.78, 5) is 28.8. The van der Waals surface area contributed by atoms with Gasteiger partial charge in [-0.2, -0.15) is 17.6 Å². The SMILES string of the molecule is COC(=O)C1=C(N)NC(C)=C(C(=O)OCCCN2CCC(c3ccccc3)(c3ccccc3)CC2)C1c1cccc(OC(F)(F)C(F)F)c1. The number of benzene rings is 3. The van der Waals surface area contributed by atoms with Crippen molar-refractivity contribution >= 4 is 11.9 Å². The highest BCUT2D eigenvalue weighted by Gasteiger charge is 2.45. The Morgan fingerprint density at radius 3 is 2.12 bits per heavy atom. The number of alkyl halides is 4. The van der Waals surface area contributed by atoms with Crippen molar-refractivity contribution in [2.24, 2.45) is 5.73 Å². The number of nitrogens with one attached hydrogen (secondary N) is 1. The number of halogens is 4. The van der Waals surface area contributed by atoms with Crippen molar-refractivity contribution in [3.63, 3.8) is 0 Å². The summed E-state index contributed by atoms with van der Waals surface area (Å²) < 4.78 is 68.0. The van der Waals surface area contributed by atoms with Crippen molar-refractivity contribution in [3.05, 3.63) is 124 Å². The lowest BCUT2D eigenvalue weighted by Crippen LogP contribution is -2.43. The fourth-order valence-electron chi connectivity index (χ4n) is 6.70. The zero-order valence-electron chi connectivity index (χ0n) is 27.3. The van der Waals surface area contributed by atoms with E-state index in [0.29, 0.717) is 13.0 Å². The number of carbonyl (C=O) groups excluding carboxylic acids is 2. The lowest BCUT2D eigenvalue weighted by Gasteiger charge is -2.43. The number of esters is 2. The van der Waals surface area contributed by atoms with Gasteiger partial charge in [0.15, 0.2) is 0 Å². The molecule has 3 aromatic carbocycles. The van der Waals surface area contributed by atoms with Crippen LogP contribution in [0.5, 0.6) is 5.75 Å². The Morgan fingerprint density at radius 1 is 0.939 bits per heavy atom. The van der Waals surface area contributed by atoms with Gasteiger partial charge in [-0.15, -0.1) is 0 Å². The summed E-state index contributed by atoms with van der Waals surface area (Å²) in [5.74, 6) is -3.60. The summed E-state index contributed by atoms with van der Waals surface area (Å²) in [5.41, 5.74) is 8.80. The average Bonchev–Trinajstić information content (AvgIpc) is 3.10. The first kappa shape index (κ1) is 35.5. The highest BCUT2D eigenvalue weighted by atomic mass is 19.3. The third-order valence-corrected chi connectivity index (χ3v) is 9.13. The molecule has 2 aliphatic rings. The lowest BCUT2D eigenvalue weighted by molar-refractivity contribution is -0.253. The van der Waals surface area contributed by atoms with Crippen LogP contribution >= 0.6 is 0 Å². The second-order valence-electron chi connectivity index (χ2n) is 12.1. The minimum Gasteiger partial charge on any atom is -0.466 e. The van der Waals surface area contributed by atoms with Crippen LogP contribution in [0.15, 0.2) is 108 Å². The van der Waals surface area contributed by atoms with Gasteiger partial charge in [0.2, 0.25) is 0 Å². The van der Waals surface area contributed by atoms with Crippen molar-refractivity contribution < 1.29 is 41.4 Å². The molecule has 0 radical (unpaired) electrons. The quantitative estimate of drug-likeness (QED) is 0.132. The van der Waals surface area contributed by atoms with E-state index >= 15 is 0 Å². The molecule has 5 rings (SSSR count). The van der Waals surface area contributed by atoms with E-state index in [4.69, 9.17) is 15.2 Å². The predicted molar refractivity (Wildman–Crippen MR) is 175 cm³/mol. The first-order valence-electron chi connectivity index (χ1n) is 16.0. The summed E-state index contributed by atoms with van der Waals surface area (Å²) in [7, 11) is 1.12. The smallest absolute Gasteiger partial charge is 0.461 e. The molecule has 0 bridgehead atoms. The van der Waals surface area contributed by atoms with Crippen molar-refractivity contribution in [3.8, 4) is 5.75 Å². The van der Waals surface area contributed by atoms with Crippen molar-refractivity contribution in [2.75, 3.05) is 33.4 Å². The minimum atomic E-state index is -4.76. The Kier molecular flexibility index (Phi) is 11.0. The zero-order valence-corrected chi connectivity index (χ0v) is 27.3. The van der Waals surface area contributed by atoms with E-state index in [2.05, 4.69) is 63.5 Å². The summed E-state index contributed by atoms with van der Waals surface area (Å²) in [6.45, 7) is 4.00. The van der Waals surface area contributed by atoms with Crippen LogP contribution in [0.3, 0.4) is 0 Å². The molecule has 0 aliphatic carbocycles. The van der Waals surface area contributed by atoms with Crippen LogP contribution in [-0.4, -0.2) is 62.7 Å². The Morgan fingerprint density at radius 2 is 1.55 bits per heavy atom. The number of likely N-dealkylation sites (tertiary alicyclic amines) is 1. The fourth-order valence-corrected chi connectivity index (χ4v) is 6.70. The molecule has 1 fully saturated rings. The van der Waals surface area contributed by atoms with Gasteiger partial charge >= 0.3 is 24.5 Å². The first-order chi connectivity index (χ1) is 23.5. The number of methoxy groups -OCH3 is 1. The molecule has 0 amide bonds. The number of nitrogens with zero attached hydrogens (tertiary/aromatic N) is 1. The Labute approximate surface area is 282 Å². The average molecular weight is 682 g/mol. The number of allylic oxidation sites excluding steroid dienone is 1. The maximum atomic E-state index is 13.7. The largest absolute Gasteiger partial charge is 0.466 e. The van der Waals surface area contributed by atoms with E-state index in [-0.39, 0.29) is 40.2 Å². The molecule has 2 heterocycles. The third kappa shape index (κ3) is 7.75. The zero-order chi connectivity index (χ0) is 35.2. The lowest BCUT2D eigenvalue weighted by atomic mass is 9.68. The molecule has 1 saturated heterocycles. The summed E-state index contributed by atoms with van der Waals surface area (Å²) >= 11 is 0. The standard InChI is InChI=1S/C37H39F4N3O5/c1-24-29(30(31(32(42)43-24)33(45)47-2)25-11-9-16-28(23-25)49-37(40,41)35(38)39)34(46)48-22-10-19-44-20-17-36(18-21-44,26-12-5-3-6-13-26)27-14-7-4-8-15-27/h3-9,11-16,23,30,35,43H,10,17-22,42H2,1-2H3. The number of ether oxygens (including phenoxy) is 3. The second kappa shape index (κ2) is 15.1. The fraction of sp³-hybridized carbons (Fsp3) is 0.351. The van der Waals surface area contributed by atoms with Crippen molar-refractivity contribution in [1.82, 2.24) is 10.2 Å². The normalized spacial score (nSPS) is 18.2. The second-order valence-corrected chi connectivity index (χ2v) is 12.1. The first-order valence-corrected chi connectivity index (χ1v) is 16.0. The number of nitrogens with two attached hydrogens (primary N) is 1. The van der Waals surface area contributed by atoms with Gasteiger partial charge in [0, 0.05) is 17.7 Å². The third-order valence-electron chi connectivity index (χ3n) is 9.13. The van der Waals surface area contributed by atoms with Crippen LogP contribution in [0.4, 0.5) is 17.6 Å². The van der Waals surface area contributed by atoms with Crippen molar-refractivity contribution in [1.29, 1.82) is 0 Å². The molecule has 260 valence electrons. The summed E-state index contributed by atoms with van der Waals surface area (Å²) in [6.07, 6.45) is -6.45. The van der Waals surface area contributed by atoms with E-state index in [9.17, 15) is 27.2 Å². The molecule has 0 saturated carbocycles. The molecule has 1 atom stereocenters. The van der Waals surface area contributed by atoms with Gasteiger partial charge < -0.3 is 30.2 Å². The van der Waals surface area contributed by atoms with Crippen LogP contribution in [0.25, 0.3) is 0 Å². The van der Waals surface area contributed by atoms with Crippen molar-refractivity contribution in [2.45, 2.75) is 50.1 Å². The number of hydrogen-bond donors (Lipinski definition) is 2. The topological polar surface area (TPSA) is 103 Å². The van der Waals surface area contributed by atoms with Gasteiger partial charge in [-0.3, -0.25) is 0 Å². The van der Waals surface area contributed by atoms with Crippen LogP contribution < -0.4 is 15.8 Å². The van der Waals surface area contributed by atoms with Gasteiger partial charge in [0.05, 0.1) is 30.8 Å². The Hall–Kier alpha value is -4.84. The number of piperidine rings is 1. The van der Waals surface area contributed by atoms with Gasteiger partial charge in [0.1, 0.15) is 11.6 Å². The highest BCUT2D eigenvalue weighted by molar-refractivity contribution is 5.99. The molecule has 12 heteroatoms. The van der Waals surface area contributed by atoms with Crippen LogP contribution in [0.2, 0.25) is 0 Å². The predicted octanol–water partition coefficient (Wildman–Crippen LogP) is 6.24. The maximum Gasteiger partial charge on any atom is 0.461 e. The molecular formula is C37H39F4N3O5. The molecule has 3 N–H and O–H groups in total. The Bertz CT molecular complexity index is 1650. The molecule has 3 aromatic rings. The summed E-state index contributed by atoms with van der Waals surface area (Å²) in [5, 5.41) is 2.80. The molecular weight excluding hydrogens is 642 g/mol. The maximum absolute atomic E-state index is 13.7. The van der Waals surface area contributed by atoms with E-state index in [1.807, 2.05) is 12.1 Å². The number of dihydropyridines is 1. The monoisotopic (exact) mass is 681 g/mol. The van der Waals surface area contributed by atoms with Crippen LogP contribution in [0.1, 0.15) is 48.8 Å². The van der Waals surface area contributed by atoms with E-state index in [0.717, 1.165) is 45.2 Å². The van der Waals surface area contributed by atoms with Gasteiger partial charge in [-0.1, -0.05) is 72.8 Å². The number of rotatable bonds is 12. The molecule has 2 aliphatic heterocycles. The van der Waals surface area contributed by atoms with Crippen LogP contribution in [0, 0.1) is 0 Å². The number of carbonyl (C=O) groups is 2. The van der Waals surface area contributed by atoms with Gasteiger partial charge in [0.25, 0.3) is 0 Å². The summed E-state index contributed by atoms with van der Waals surface area (Å²) in [6, 6.07) is 25.9. The van der Waals surface area contributed by atoms with Crippen LogP contribution in [-0.2, 0) is 24.5 Å². The molecule has 1 unspecified atom stereocenters. The van der Waals surface area contributed by atoms with Gasteiger partial charge in [-0.05, 0) is 68.1 Å². The minimum absolute atomic E-state index is 0.0131. The molecule has 0 aromatic heterocycles. The van der Waals surface area contributed by atoms with E-state index in [1.165, 1.54) is 23.3 Å². The van der Waals surface area contributed by atoms with E-state index in [1.54, 1.807) is 6.92 Å². The highest BCUT2D eigenvalue weighted by Crippen LogP contribution is 2.42.